The highest BCUT2D eigenvalue weighted by Crippen LogP contribution is 2.36. The Kier molecular flexibility index (Phi) is 4.75. The molecular weight excluding hydrogens is 394 g/mol. The number of thiocarbonyl (C=S) groups is 1. The normalized spacial score (nSPS) is 16.2. The SMILES string of the molecule is O=Cc1ccc(/C=C2\SC(=S)N(c3ccc(Br)cc3)C2=O)cc1. The van der Waals surface area contributed by atoms with Gasteiger partial charge >= 0.3 is 0 Å². The molecule has 0 spiro atoms. The number of hydrogen-bond acceptors (Lipinski definition) is 4. The molecule has 23 heavy (non-hydrogen) atoms. The average Bonchev–Trinajstić information content (AvgIpc) is 2.83. The summed E-state index contributed by atoms with van der Waals surface area (Å²) in [6.07, 6.45) is 2.57. The molecule has 0 aromatic heterocycles. The molecule has 0 aliphatic carbocycles. The zero-order valence-electron chi connectivity index (χ0n) is 11.7. The summed E-state index contributed by atoms with van der Waals surface area (Å²) < 4.78 is 1.45. The number of nitrogens with zero attached hydrogens (tertiary/aromatic N) is 1. The third-order valence-corrected chi connectivity index (χ3v) is 5.08. The summed E-state index contributed by atoms with van der Waals surface area (Å²) in [6.45, 7) is 0. The molecule has 114 valence electrons. The van der Waals surface area contributed by atoms with Crippen molar-refractivity contribution in [2.45, 2.75) is 0 Å². The van der Waals surface area contributed by atoms with E-state index in [1.807, 2.05) is 24.3 Å². The maximum Gasteiger partial charge on any atom is 0.270 e. The van der Waals surface area contributed by atoms with Gasteiger partial charge in [-0.25, -0.2) is 0 Å². The number of halogens is 1. The molecule has 0 unspecified atom stereocenters. The maximum atomic E-state index is 12.6. The lowest BCUT2D eigenvalue weighted by Gasteiger charge is -2.14. The standard InChI is InChI=1S/C17H10BrNO2S2/c18-13-5-7-14(8-6-13)19-16(21)15(23-17(19)22)9-11-1-3-12(10-20)4-2-11/h1-10H/b15-9-. The van der Waals surface area contributed by atoms with Crippen molar-refractivity contribution in [3.05, 3.63) is 69.0 Å². The summed E-state index contributed by atoms with van der Waals surface area (Å²) in [5, 5.41) is 0. The highest BCUT2D eigenvalue weighted by atomic mass is 79.9. The third-order valence-electron chi connectivity index (χ3n) is 3.25. The Labute approximate surface area is 151 Å². The van der Waals surface area contributed by atoms with Gasteiger partial charge in [-0.05, 0) is 35.9 Å². The number of rotatable bonds is 3. The molecule has 2 aromatic rings. The molecular formula is C17H10BrNO2S2. The molecule has 6 heteroatoms. The Morgan fingerprint density at radius 1 is 1.00 bits per heavy atom. The summed E-state index contributed by atoms with van der Waals surface area (Å²) in [5.74, 6) is -0.137. The highest BCUT2D eigenvalue weighted by Gasteiger charge is 2.33. The minimum Gasteiger partial charge on any atom is -0.298 e. The average molecular weight is 404 g/mol. The molecule has 0 saturated carbocycles. The first-order valence-electron chi connectivity index (χ1n) is 6.67. The van der Waals surface area contributed by atoms with Gasteiger partial charge in [-0.15, -0.1) is 0 Å². The monoisotopic (exact) mass is 403 g/mol. The van der Waals surface area contributed by atoms with Crippen LogP contribution in [0.5, 0.6) is 0 Å². The van der Waals surface area contributed by atoms with E-state index in [-0.39, 0.29) is 5.91 Å². The Balaban J connectivity index is 1.89. The van der Waals surface area contributed by atoms with Crippen LogP contribution in [0.25, 0.3) is 6.08 Å². The number of amides is 1. The first-order chi connectivity index (χ1) is 11.1. The van der Waals surface area contributed by atoms with E-state index >= 15 is 0 Å². The van der Waals surface area contributed by atoms with Crippen molar-refractivity contribution in [3.8, 4) is 0 Å². The molecule has 1 amide bonds. The fourth-order valence-electron chi connectivity index (χ4n) is 2.10. The second-order valence-electron chi connectivity index (χ2n) is 4.78. The summed E-state index contributed by atoms with van der Waals surface area (Å²) >= 11 is 9.98. The minimum absolute atomic E-state index is 0.137. The van der Waals surface area contributed by atoms with Crippen molar-refractivity contribution in [3.63, 3.8) is 0 Å². The molecule has 1 fully saturated rings. The molecule has 1 aliphatic rings. The number of aldehydes is 1. The molecule has 1 aliphatic heterocycles. The number of thioether (sulfide) groups is 1. The van der Waals surface area contributed by atoms with Crippen LogP contribution in [0, 0.1) is 0 Å². The number of hydrogen-bond donors (Lipinski definition) is 0. The molecule has 3 nitrogen and oxygen atoms in total. The zero-order chi connectivity index (χ0) is 16.4. The highest BCUT2D eigenvalue weighted by molar-refractivity contribution is 9.10. The first kappa shape index (κ1) is 16.1. The van der Waals surface area contributed by atoms with Crippen LogP contribution in [-0.4, -0.2) is 16.5 Å². The van der Waals surface area contributed by atoms with Crippen LogP contribution in [-0.2, 0) is 4.79 Å². The van der Waals surface area contributed by atoms with Gasteiger partial charge in [-0.1, -0.05) is 64.2 Å². The smallest absolute Gasteiger partial charge is 0.270 e. The predicted molar refractivity (Wildman–Crippen MR) is 102 cm³/mol. The van der Waals surface area contributed by atoms with Crippen LogP contribution in [0.2, 0.25) is 0 Å². The third kappa shape index (κ3) is 3.44. The van der Waals surface area contributed by atoms with Crippen molar-refractivity contribution in [2.75, 3.05) is 4.90 Å². The molecule has 1 saturated heterocycles. The van der Waals surface area contributed by atoms with Crippen molar-refractivity contribution < 1.29 is 9.59 Å². The zero-order valence-corrected chi connectivity index (χ0v) is 15.0. The molecule has 3 rings (SSSR count). The van der Waals surface area contributed by atoms with E-state index in [0.29, 0.717) is 14.8 Å². The van der Waals surface area contributed by atoms with Crippen molar-refractivity contribution in [2.24, 2.45) is 0 Å². The van der Waals surface area contributed by atoms with Crippen LogP contribution < -0.4 is 4.90 Å². The summed E-state index contributed by atoms with van der Waals surface area (Å²) in [7, 11) is 0. The lowest BCUT2D eigenvalue weighted by molar-refractivity contribution is -0.113. The van der Waals surface area contributed by atoms with Gasteiger partial charge in [-0.3, -0.25) is 14.5 Å². The van der Waals surface area contributed by atoms with E-state index in [0.717, 1.165) is 22.0 Å². The topological polar surface area (TPSA) is 37.4 Å². The Morgan fingerprint density at radius 3 is 2.22 bits per heavy atom. The van der Waals surface area contributed by atoms with E-state index in [2.05, 4.69) is 15.9 Å². The second-order valence-corrected chi connectivity index (χ2v) is 7.37. The quantitative estimate of drug-likeness (QED) is 0.424. The van der Waals surface area contributed by atoms with E-state index in [4.69, 9.17) is 12.2 Å². The largest absolute Gasteiger partial charge is 0.298 e. The van der Waals surface area contributed by atoms with Gasteiger partial charge in [0.1, 0.15) is 6.29 Å². The van der Waals surface area contributed by atoms with Crippen LogP contribution in [0.15, 0.2) is 57.9 Å². The van der Waals surface area contributed by atoms with Crippen molar-refractivity contribution in [1.82, 2.24) is 0 Å². The number of carbonyl (C=O) groups excluding carboxylic acids is 2. The summed E-state index contributed by atoms with van der Waals surface area (Å²) in [5.41, 5.74) is 2.20. The van der Waals surface area contributed by atoms with Crippen molar-refractivity contribution >= 4 is 68.2 Å². The first-order valence-corrected chi connectivity index (χ1v) is 8.69. The van der Waals surface area contributed by atoms with Crippen LogP contribution in [0.3, 0.4) is 0 Å². The number of anilines is 1. The van der Waals surface area contributed by atoms with Gasteiger partial charge in [0.05, 0.1) is 10.6 Å². The van der Waals surface area contributed by atoms with Crippen LogP contribution in [0.4, 0.5) is 5.69 Å². The van der Waals surface area contributed by atoms with E-state index in [1.54, 1.807) is 30.3 Å². The van der Waals surface area contributed by atoms with Crippen LogP contribution >= 0.6 is 39.9 Å². The summed E-state index contributed by atoms with van der Waals surface area (Å²) in [6, 6.07) is 14.5. The van der Waals surface area contributed by atoms with Gasteiger partial charge in [0, 0.05) is 10.0 Å². The number of benzene rings is 2. The molecule has 0 atom stereocenters. The Bertz CT molecular complexity index is 813. The predicted octanol–water partition coefficient (Wildman–Crippen LogP) is 4.67. The van der Waals surface area contributed by atoms with Gasteiger partial charge in [0.2, 0.25) is 0 Å². The van der Waals surface area contributed by atoms with E-state index < -0.39 is 0 Å². The molecule has 2 aromatic carbocycles. The lowest BCUT2D eigenvalue weighted by Crippen LogP contribution is -2.27. The minimum atomic E-state index is -0.137. The Hall–Kier alpha value is -1.76. The summed E-state index contributed by atoms with van der Waals surface area (Å²) in [4.78, 5) is 25.4. The van der Waals surface area contributed by atoms with Crippen LogP contribution in [0.1, 0.15) is 15.9 Å². The van der Waals surface area contributed by atoms with Gasteiger partial charge in [0.25, 0.3) is 5.91 Å². The lowest BCUT2D eigenvalue weighted by atomic mass is 10.1. The van der Waals surface area contributed by atoms with Crippen molar-refractivity contribution in [1.29, 1.82) is 0 Å². The molecule has 0 radical (unpaired) electrons. The van der Waals surface area contributed by atoms with E-state index in [9.17, 15) is 9.59 Å². The number of carbonyl (C=O) groups is 2. The van der Waals surface area contributed by atoms with Gasteiger partial charge < -0.3 is 0 Å². The maximum absolute atomic E-state index is 12.6. The van der Waals surface area contributed by atoms with Gasteiger partial charge in [-0.2, -0.15) is 0 Å². The van der Waals surface area contributed by atoms with Gasteiger partial charge in [0.15, 0.2) is 4.32 Å². The second kappa shape index (κ2) is 6.78. The molecule has 0 N–H and O–H groups in total. The fraction of sp³-hybridized carbons (Fsp3) is 0. The van der Waals surface area contributed by atoms with E-state index in [1.165, 1.54) is 16.7 Å². The Morgan fingerprint density at radius 2 is 1.61 bits per heavy atom. The molecule has 1 heterocycles. The molecule has 0 bridgehead atoms. The fourth-order valence-corrected chi connectivity index (χ4v) is 3.67.